The van der Waals surface area contributed by atoms with Crippen molar-refractivity contribution in [2.24, 2.45) is 11.7 Å². The molecule has 0 spiro atoms. The topological polar surface area (TPSA) is 55.6 Å². The number of likely N-dealkylation sites (tertiary alicyclic amines) is 1. The second kappa shape index (κ2) is 7.67. The van der Waals surface area contributed by atoms with Crippen LogP contribution in [0, 0.1) is 5.92 Å². The molecule has 1 heterocycles. The first-order valence-electron chi connectivity index (χ1n) is 6.73. The van der Waals surface area contributed by atoms with Gasteiger partial charge in [-0.3, -0.25) is 4.79 Å². The molecule has 0 saturated carbocycles. The highest BCUT2D eigenvalue weighted by Crippen LogP contribution is 2.16. The van der Waals surface area contributed by atoms with Gasteiger partial charge in [-0.1, -0.05) is 13.8 Å². The van der Waals surface area contributed by atoms with Crippen molar-refractivity contribution in [3.8, 4) is 0 Å². The minimum absolute atomic E-state index is 0.292. The summed E-state index contributed by atoms with van der Waals surface area (Å²) in [6, 6.07) is 0. The fourth-order valence-electron chi connectivity index (χ4n) is 2.08. The molecule has 17 heavy (non-hydrogen) atoms. The van der Waals surface area contributed by atoms with E-state index in [0.29, 0.717) is 30.9 Å². The van der Waals surface area contributed by atoms with Gasteiger partial charge in [0, 0.05) is 26.1 Å². The van der Waals surface area contributed by atoms with Crippen molar-refractivity contribution < 1.29 is 9.53 Å². The van der Waals surface area contributed by atoms with Crippen LogP contribution in [0.4, 0.5) is 0 Å². The standard InChI is InChI=1S/C13H26N2O2/c1-11(2)10-13(16)15-7-4-12(5-8-15)17-9-3-6-14/h11-12H,3-10,14H2,1-2H3. The Morgan fingerprint density at radius 1 is 1.41 bits per heavy atom. The van der Waals surface area contributed by atoms with Gasteiger partial charge in [0.1, 0.15) is 0 Å². The van der Waals surface area contributed by atoms with Gasteiger partial charge >= 0.3 is 0 Å². The largest absolute Gasteiger partial charge is 0.378 e. The Morgan fingerprint density at radius 3 is 2.59 bits per heavy atom. The van der Waals surface area contributed by atoms with Crippen molar-refractivity contribution >= 4 is 5.91 Å². The molecule has 0 aliphatic carbocycles. The molecule has 1 aliphatic rings. The molecule has 2 N–H and O–H groups in total. The summed E-state index contributed by atoms with van der Waals surface area (Å²) in [6.45, 7) is 7.30. The third-order valence-corrected chi connectivity index (χ3v) is 3.08. The molecule has 0 unspecified atom stereocenters. The molecule has 1 amide bonds. The number of hydrogen-bond donors (Lipinski definition) is 1. The molecule has 1 fully saturated rings. The van der Waals surface area contributed by atoms with Gasteiger partial charge in [0.25, 0.3) is 0 Å². The lowest BCUT2D eigenvalue weighted by atomic mass is 10.1. The van der Waals surface area contributed by atoms with Gasteiger partial charge in [0.15, 0.2) is 0 Å². The molecular weight excluding hydrogens is 216 g/mol. The Morgan fingerprint density at radius 2 is 2.06 bits per heavy atom. The highest BCUT2D eigenvalue weighted by atomic mass is 16.5. The summed E-state index contributed by atoms with van der Waals surface area (Å²) in [6.07, 6.45) is 3.85. The summed E-state index contributed by atoms with van der Waals surface area (Å²) in [4.78, 5) is 13.8. The molecule has 0 aromatic carbocycles. The summed E-state index contributed by atoms with van der Waals surface area (Å²) >= 11 is 0. The van der Waals surface area contributed by atoms with E-state index in [4.69, 9.17) is 10.5 Å². The van der Waals surface area contributed by atoms with Gasteiger partial charge in [0.2, 0.25) is 5.91 Å². The second-order valence-electron chi connectivity index (χ2n) is 5.19. The van der Waals surface area contributed by atoms with Gasteiger partial charge in [-0.2, -0.15) is 0 Å². The Labute approximate surface area is 104 Å². The Bertz CT molecular complexity index is 223. The number of piperidine rings is 1. The van der Waals surface area contributed by atoms with E-state index in [-0.39, 0.29) is 0 Å². The van der Waals surface area contributed by atoms with Gasteiger partial charge < -0.3 is 15.4 Å². The predicted octanol–water partition coefficient (Wildman–Crippen LogP) is 1.39. The van der Waals surface area contributed by atoms with Gasteiger partial charge in [-0.15, -0.1) is 0 Å². The van der Waals surface area contributed by atoms with Gasteiger partial charge in [0.05, 0.1) is 6.10 Å². The first kappa shape index (κ1) is 14.5. The zero-order valence-corrected chi connectivity index (χ0v) is 11.2. The molecule has 0 aromatic rings. The zero-order valence-electron chi connectivity index (χ0n) is 11.2. The number of ether oxygens (including phenoxy) is 1. The SMILES string of the molecule is CC(C)CC(=O)N1CCC(OCCCN)CC1. The van der Waals surface area contributed by atoms with Crippen LogP contribution in [0.2, 0.25) is 0 Å². The minimum Gasteiger partial charge on any atom is -0.378 e. The average molecular weight is 242 g/mol. The number of nitrogens with zero attached hydrogens (tertiary/aromatic N) is 1. The number of hydrogen-bond acceptors (Lipinski definition) is 3. The smallest absolute Gasteiger partial charge is 0.222 e. The molecule has 4 heteroatoms. The number of carbonyl (C=O) groups excluding carboxylic acids is 1. The van der Waals surface area contributed by atoms with E-state index in [2.05, 4.69) is 13.8 Å². The summed E-state index contributed by atoms with van der Waals surface area (Å²) < 4.78 is 5.71. The lowest BCUT2D eigenvalue weighted by molar-refractivity contribution is -0.134. The second-order valence-corrected chi connectivity index (χ2v) is 5.19. The fraction of sp³-hybridized carbons (Fsp3) is 0.923. The van der Waals surface area contributed by atoms with E-state index < -0.39 is 0 Å². The third-order valence-electron chi connectivity index (χ3n) is 3.08. The molecule has 1 saturated heterocycles. The maximum absolute atomic E-state index is 11.8. The molecule has 100 valence electrons. The number of rotatable bonds is 6. The molecule has 0 aromatic heterocycles. The first-order chi connectivity index (χ1) is 8.13. The van der Waals surface area contributed by atoms with E-state index in [1.165, 1.54) is 0 Å². The van der Waals surface area contributed by atoms with Crippen LogP contribution in [-0.4, -0.2) is 43.2 Å². The average Bonchev–Trinajstić information content (AvgIpc) is 2.29. The summed E-state index contributed by atoms with van der Waals surface area (Å²) in [5, 5.41) is 0. The highest BCUT2D eigenvalue weighted by Gasteiger charge is 2.23. The maximum Gasteiger partial charge on any atom is 0.222 e. The molecule has 1 aliphatic heterocycles. The molecule has 0 bridgehead atoms. The summed E-state index contributed by atoms with van der Waals surface area (Å²) in [5.41, 5.74) is 5.42. The first-order valence-corrected chi connectivity index (χ1v) is 6.73. The minimum atomic E-state index is 0.292. The molecular formula is C13H26N2O2. The lowest BCUT2D eigenvalue weighted by Gasteiger charge is -2.32. The van der Waals surface area contributed by atoms with Crippen molar-refractivity contribution in [2.45, 2.75) is 45.6 Å². The van der Waals surface area contributed by atoms with Gasteiger partial charge in [-0.05, 0) is 31.7 Å². The van der Waals surface area contributed by atoms with Gasteiger partial charge in [-0.25, -0.2) is 0 Å². The van der Waals surface area contributed by atoms with Crippen LogP contribution in [0.3, 0.4) is 0 Å². The van der Waals surface area contributed by atoms with E-state index in [9.17, 15) is 4.79 Å². The Balaban J connectivity index is 2.18. The van der Waals surface area contributed by atoms with E-state index in [0.717, 1.165) is 39.0 Å². The van der Waals surface area contributed by atoms with Crippen molar-refractivity contribution in [2.75, 3.05) is 26.2 Å². The molecule has 4 nitrogen and oxygen atoms in total. The molecule has 0 atom stereocenters. The summed E-state index contributed by atoms with van der Waals surface area (Å²) in [7, 11) is 0. The van der Waals surface area contributed by atoms with Crippen LogP contribution >= 0.6 is 0 Å². The number of nitrogens with two attached hydrogens (primary N) is 1. The van der Waals surface area contributed by atoms with Crippen molar-refractivity contribution in [3.05, 3.63) is 0 Å². The van der Waals surface area contributed by atoms with E-state index in [1.54, 1.807) is 0 Å². The van der Waals surface area contributed by atoms with Crippen LogP contribution in [-0.2, 0) is 9.53 Å². The monoisotopic (exact) mass is 242 g/mol. The van der Waals surface area contributed by atoms with Crippen LogP contribution in [0.15, 0.2) is 0 Å². The number of carbonyl (C=O) groups is 1. The quantitative estimate of drug-likeness (QED) is 0.716. The predicted molar refractivity (Wildman–Crippen MR) is 68.7 cm³/mol. The van der Waals surface area contributed by atoms with Crippen molar-refractivity contribution in [3.63, 3.8) is 0 Å². The highest BCUT2D eigenvalue weighted by molar-refractivity contribution is 5.76. The lowest BCUT2D eigenvalue weighted by Crippen LogP contribution is -2.41. The molecule has 0 radical (unpaired) electrons. The maximum atomic E-state index is 11.8. The van der Waals surface area contributed by atoms with E-state index in [1.807, 2.05) is 4.90 Å². The van der Waals surface area contributed by atoms with Crippen molar-refractivity contribution in [1.82, 2.24) is 4.90 Å². The van der Waals surface area contributed by atoms with Crippen molar-refractivity contribution in [1.29, 1.82) is 0 Å². The Hall–Kier alpha value is -0.610. The van der Waals surface area contributed by atoms with Crippen LogP contribution < -0.4 is 5.73 Å². The Kier molecular flexibility index (Phi) is 6.52. The molecule has 1 rings (SSSR count). The van der Waals surface area contributed by atoms with E-state index >= 15 is 0 Å². The zero-order chi connectivity index (χ0) is 12.7. The fourth-order valence-corrected chi connectivity index (χ4v) is 2.08. The van der Waals surface area contributed by atoms with Crippen LogP contribution in [0.25, 0.3) is 0 Å². The normalized spacial score (nSPS) is 17.8. The third kappa shape index (κ3) is 5.50. The van der Waals surface area contributed by atoms with Crippen LogP contribution in [0.1, 0.15) is 39.5 Å². The van der Waals surface area contributed by atoms with Crippen LogP contribution in [0.5, 0.6) is 0 Å². The summed E-state index contributed by atoms with van der Waals surface area (Å²) in [5.74, 6) is 0.737. The number of amides is 1.